The van der Waals surface area contributed by atoms with Gasteiger partial charge in [0.15, 0.2) is 0 Å². The zero-order valence-electron chi connectivity index (χ0n) is 11.1. The van der Waals surface area contributed by atoms with Crippen LogP contribution < -0.4 is 10.2 Å². The Bertz CT molecular complexity index is 558. The van der Waals surface area contributed by atoms with Gasteiger partial charge in [-0.2, -0.15) is 9.97 Å². The van der Waals surface area contributed by atoms with Crippen LogP contribution >= 0.6 is 0 Å². The van der Waals surface area contributed by atoms with Gasteiger partial charge in [0.05, 0.1) is 5.39 Å². The monoisotopic (exact) mass is 245 g/mol. The molecule has 96 valence electrons. The van der Waals surface area contributed by atoms with Gasteiger partial charge in [0.1, 0.15) is 11.5 Å². The van der Waals surface area contributed by atoms with Crippen LogP contribution in [-0.2, 0) is 0 Å². The molecule has 18 heavy (non-hydrogen) atoms. The normalized spacial score (nSPS) is 16.8. The molecule has 0 radical (unpaired) electrons. The van der Waals surface area contributed by atoms with Gasteiger partial charge in [-0.25, -0.2) is 0 Å². The molecular formula is C13H19N5. The third-order valence-corrected chi connectivity index (χ3v) is 3.87. The van der Waals surface area contributed by atoms with E-state index in [1.807, 2.05) is 19.3 Å². The predicted octanol–water partition coefficient (Wildman–Crippen LogP) is 2.23. The van der Waals surface area contributed by atoms with Crippen molar-refractivity contribution < 1.29 is 0 Å². The maximum absolute atomic E-state index is 4.61. The number of fused-ring (bicyclic) bond motifs is 1. The lowest BCUT2D eigenvalue weighted by molar-refractivity contribution is 0.605. The van der Waals surface area contributed by atoms with Crippen LogP contribution in [0.4, 0.5) is 11.8 Å². The number of aromatic amines is 1. The molecule has 2 N–H and O–H groups in total. The lowest BCUT2D eigenvalue weighted by Crippen LogP contribution is -2.31. The third kappa shape index (κ3) is 1.79. The quantitative estimate of drug-likeness (QED) is 0.867. The Morgan fingerprint density at radius 1 is 1.44 bits per heavy atom. The summed E-state index contributed by atoms with van der Waals surface area (Å²) in [6, 6.07) is 2.57. The van der Waals surface area contributed by atoms with Gasteiger partial charge in [0.25, 0.3) is 0 Å². The van der Waals surface area contributed by atoms with E-state index in [1.165, 1.54) is 12.8 Å². The molecule has 2 aromatic heterocycles. The Kier molecular flexibility index (Phi) is 2.61. The molecule has 2 heterocycles. The number of hydrogen-bond donors (Lipinski definition) is 2. The van der Waals surface area contributed by atoms with Crippen LogP contribution in [0.15, 0.2) is 12.3 Å². The van der Waals surface area contributed by atoms with Gasteiger partial charge in [0.2, 0.25) is 5.95 Å². The molecule has 2 aromatic rings. The van der Waals surface area contributed by atoms with Crippen molar-refractivity contribution >= 4 is 22.8 Å². The Morgan fingerprint density at radius 3 is 2.89 bits per heavy atom. The fourth-order valence-corrected chi connectivity index (χ4v) is 2.39. The first-order chi connectivity index (χ1) is 8.70. The minimum absolute atomic E-state index is 0.530. The molecule has 1 fully saturated rings. The topological polar surface area (TPSA) is 56.8 Å². The summed E-state index contributed by atoms with van der Waals surface area (Å²) >= 11 is 0. The van der Waals surface area contributed by atoms with E-state index in [1.54, 1.807) is 0 Å². The summed E-state index contributed by atoms with van der Waals surface area (Å²) < 4.78 is 0. The third-order valence-electron chi connectivity index (χ3n) is 3.87. The summed E-state index contributed by atoms with van der Waals surface area (Å²) in [4.78, 5) is 14.4. The molecule has 0 amide bonds. The molecule has 1 aliphatic rings. The van der Waals surface area contributed by atoms with Crippen molar-refractivity contribution in [1.29, 1.82) is 0 Å². The maximum atomic E-state index is 4.61. The summed E-state index contributed by atoms with van der Waals surface area (Å²) in [5.74, 6) is 2.48. The van der Waals surface area contributed by atoms with Crippen LogP contribution in [0.1, 0.15) is 19.8 Å². The number of nitrogens with zero attached hydrogens (tertiary/aromatic N) is 3. The zero-order chi connectivity index (χ0) is 12.7. The molecule has 0 aromatic carbocycles. The van der Waals surface area contributed by atoms with Gasteiger partial charge >= 0.3 is 0 Å². The summed E-state index contributed by atoms with van der Waals surface area (Å²) in [6.45, 7) is 2.28. The van der Waals surface area contributed by atoms with E-state index < -0.39 is 0 Å². The van der Waals surface area contributed by atoms with Crippen molar-refractivity contribution in [2.75, 3.05) is 24.3 Å². The average Bonchev–Trinajstić information content (AvgIpc) is 3.13. The molecule has 1 saturated carbocycles. The lowest BCUT2D eigenvalue weighted by Gasteiger charge is -2.26. The molecule has 1 atom stereocenters. The van der Waals surface area contributed by atoms with Gasteiger partial charge < -0.3 is 15.2 Å². The lowest BCUT2D eigenvalue weighted by atomic mass is 10.2. The predicted molar refractivity (Wildman–Crippen MR) is 74.0 cm³/mol. The Hall–Kier alpha value is -1.78. The molecule has 1 unspecified atom stereocenters. The Labute approximate surface area is 107 Å². The van der Waals surface area contributed by atoms with Crippen LogP contribution in [0, 0.1) is 5.92 Å². The minimum atomic E-state index is 0.530. The van der Waals surface area contributed by atoms with E-state index >= 15 is 0 Å². The first-order valence-electron chi connectivity index (χ1n) is 6.46. The summed E-state index contributed by atoms with van der Waals surface area (Å²) in [6.07, 6.45) is 4.59. The first kappa shape index (κ1) is 11.3. The summed E-state index contributed by atoms with van der Waals surface area (Å²) in [7, 11) is 3.97. The van der Waals surface area contributed by atoms with Crippen LogP contribution in [0.5, 0.6) is 0 Å². The minimum Gasteiger partial charge on any atom is -0.357 e. The van der Waals surface area contributed by atoms with Crippen LogP contribution in [-0.4, -0.2) is 35.1 Å². The molecule has 3 rings (SSSR count). The molecule has 1 aliphatic carbocycles. The van der Waals surface area contributed by atoms with Crippen LogP contribution in [0.25, 0.3) is 11.0 Å². The van der Waals surface area contributed by atoms with E-state index in [4.69, 9.17) is 0 Å². The van der Waals surface area contributed by atoms with Gasteiger partial charge in [-0.15, -0.1) is 0 Å². The van der Waals surface area contributed by atoms with Crippen molar-refractivity contribution in [3.63, 3.8) is 0 Å². The van der Waals surface area contributed by atoms with E-state index in [2.05, 4.69) is 39.1 Å². The molecule has 0 bridgehead atoms. The van der Waals surface area contributed by atoms with Crippen molar-refractivity contribution in [3.05, 3.63) is 12.3 Å². The summed E-state index contributed by atoms with van der Waals surface area (Å²) in [5.41, 5.74) is 0.888. The van der Waals surface area contributed by atoms with Crippen molar-refractivity contribution in [2.45, 2.75) is 25.8 Å². The van der Waals surface area contributed by atoms with Crippen LogP contribution in [0.3, 0.4) is 0 Å². The SMILES string of the molecule is CNc1nc(N(C)C(C)C2CC2)c2cc[nH]c2n1. The highest BCUT2D eigenvalue weighted by Gasteiger charge is 2.31. The smallest absolute Gasteiger partial charge is 0.226 e. The van der Waals surface area contributed by atoms with Crippen molar-refractivity contribution in [3.8, 4) is 0 Å². The fraction of sp³-hybridized carbons (Fsp3) is 0.538. The van der Waals surface area contributed by atoms with E-state index in [9.17, 15) is 0 Å². The van der Waals surface area contributed by atoms with Gasteiger partial charge in [0, 0.05) is 26.3 Å². The van der Waals surface area contributed by atoms with E-state index in [0.717, 1.165) is 22.8 Å². The first-order valence-corrected chi connectivity index (χ1v) is 6.46. The van der Waals surface area contributed by atoms with Crippen LogP contribution in [0.2, 0.25) is 0 Å². The van der Waals surface area contributed by atoms with Crippen molar-refractivity contribution in [1.82, 2.24) is 15.0 Å². The number of aromatic nitrogens is 3. The number of anilines is 2. The zero-order valence-corrected chi connectivity index (χ0v) is 11.1. The maximum Gasteiger partial charge on any atom is 0.226 e. The molecule has 0 spiro atoms. The summed E-state index contributed by atoms with van der Waals surface area (Å²) in [5, 5.41) is 4.11. The number of hydrogen-bond acceptors (Lipinski definition) is 4. The highest BCUT2D eigenvalue weighted by Crippen LogP contribution is 2.37. The van der Waals surface area contributed by atoms with Gasteiger partial charge in [-0.1, -0.05) is 0 Å². The number of H-pyrrole nitrogens is 1. The average molecular weight is 245 g/mol. The molecule has 5 heteroatoms. The second-order valence-electron chi connectivity index (χ2n) is 5.05. The highest BCUT2D eigenvalue weighted by molar-refractivity contribution is 5.88. The molecular weight excluding hydrogens is 226 g/mol. The molecule has 0 saturated heterocycles. The Balaban J connectivity index is 2.05. The largest absolute Gasteiger partial charge is 0.357 e. The standard InChI is InChI=1S/C13H19N5/c1-8(9-4-5-9)18(3)12-10-6-7-15-11(10)16-13(14-2)17-12/h6-9H,4-5H2,1-3H3,(H2,14,15,16,17). The van der Waals surface area contributed by atoms with Crippen molar-refractivity contribution in [2.24, 2.45) is 5.92 Å². The highest BCUT2D eigenvalue weighted by atomic mass is 15.2. The second-order valence-corrected chi connectivity index (χ2v) is 5.05. The van der Waals surface area contributed by atoms with E-state index in [0.29, 0.717) is 12.0 Å². The molecule has 5 nitrogen and oxygen atoms in total. The number of rotatable bonds is 4. The second kappa shape index (κ2) is 4.15. The Morgan fingerprint density at radius 2 is 2.22 bits per heavy atom. The number of nitrogens with one attached hydrogen (secondary N) is 2. The van der Waals surface area contributed by atoms with Gasteiger partial charge in [-0.05, 0) is 31.7 Å². The van der Waals surface area contributed by atoms with E-state index in [-0.39, 0.29) is 0 Å². The molecule has 0 aliphatic heterocycles. The van der Waals surface area contributed by atoms with Gasteiger partial charge in [-0.3, -0.25) is 0 Å². The fourth-order valence-electron chi connectivity index (χ4n) is 2.39.